The molecule has 9 heteroatoms. The summed E-state index contributed by atoms with van der Waals surface area (Å²) in [5, 5.41) is 2.98. The molecule has 1 amide bonds. The zero-order valence-electron chi connectivity index (χ0n) is 14.1. The fraction of sp³-hybridized carbons (Fsp3) is 0.588. The van der Waals surface area contributed by atoms with E-state index in [0.29, 0.717) is 26.3 Å². The molecule has 6 nitrogen and oxygen atoms in total. The van der Waals surface area contributed by atoms with Gasteiger partial charge in [-0.15, -0.1) is 13.2 Å². The Labute approximate surface area is 149 Å². The molecule has 1 N–H and O–H groups in total. The van der Waals surface area contributed by atoms with Gasteiger partial charge in [-0.05, 0) is 37.1 Å². The summed E-state index contributed by atoms with van der Waals surface area (Å²) in [6, 6.07) is 5.87. The summed E-state index contributed by atoms with van der Waals surface area (Å²) >= 11 is 0. The number of hydrogen-bond acceptors (Lipinski definition) is 5. The molecule has 26 heavy (non-hydrogen) atoms. The normalized spacial score (nSPS) is 22.1. The predicted octanol–water partition coefficient (Wildman–Crippen LogP) is 2.09. The van der Waals surface area contributed by atoms with Crippen molar-refractivity contribution in [3.05, 3.63) is 24.3 Å². The van der Waals surface area contributed by atoms with Crippen LogP contribution >= 0.6 is 0 Å². The topological polar surface area (TPSA) is 60.0 Å². The quantitative estimate of drug-likeness (QED) is 0.875. The number of halogens is 3. The van der Waals surface area contributed by atoms with Crippen LogP contribution in [0.4, 0.5) is 18.9 Å². The molecule has 1 unspecified atom stereocenters. The predicted molar refractivity (Wildman–Crippen MR) is 87.1 cm³/mol. The van der Waals surface area contributed by atoms with Crippen LogP contribution in [0.15, 0.2) is 24.3 Å². The van der Waals surface area contributed by atoms with E-state index in [1.165, 1.54) is 12.1 Å². The first kappa shape index (κ1) is 18.8. The van der Waals surface area contributed by atoms with Gasteiger partial charge in [-0.3, -0.25) is 4.79 Å². The van der Waals surface area contributed by atoms with Crippen LogP contribution in [0.5, 0.6) is 5.75 Å². The van der Waals surface area contributed by atoms with Crippen molar-refractivity contribution in [2.75, 3.05) is 37.8 Å². The highest BCUT2D eigenvalue weighted by atomic mass is 19.4. The van der Waals surface area contributed by atoms with Crippen molar-refractivity contribution < 1.29 is 32.2 Å². The minimum Gasteiger partial charge on any atom is -0.406 e. The third-order valence-electron chi connectivity index (χ3n) is 4.39. The van der Waals surface area contributed by atoms with Crippen molar-refractivity contribution in [3.63, 3.8) is 0 Å². The molecular formula is C17H21F3N2O4. The molecule has 0 spiro atoms. The molecule has 2 aliphatic heterocycles. The van der Waals surface area contributed by atoms with E-state index in [0.717, 1.165) is 18.5 Å². The maximum Gasteiger partial charge on any atom is 0.573 e. The van der Waals surface area contributed by atoms with E-state index in [-0.39, 0.29) is 24.3 Å². The molecule has 2 heterocycles. The van der Waals surface area contributed by atoms with Crippen molar-refractivity contribution in [2.24, 2.45) is 0 Å². The van der Waals surface area contributed by atoms with Crippen LogP contribution in [0.1, 0.15) is 12.8 Å². The van der Waals surface area contributed by atoms with E-state index < -0.39 is 12.5 Å². The number of carbonyl (C=O) groups excluding carboxylic acids is 1. The van der Waals surface area contributed by atoms with E-state index in [4.69, 9.17) is 9.47 Å². The second kappa shape index (κ2) is 8.13. The Morgan fingerprint density at radius 2 is 1.85 bits per heavy atom. The number of anilines is 1. The maximum atomic E-state index is 12.2. The van der Waals surface area contributed by atoms with Crippen molar-refractivity contribution in [1.82, 2.24) is 5.32 Å². The molecule has 0 radical (unpaired) electrons. The number of rotatable bonds is 4. The van der Waals surface area contributed by atoms with Gasteiger partial charge in [-0.2, -0.15) is 0 Å². The van der Waals surface area contributed by atoms with E-state index in [2.05, 4.69) is 15.0 Å². The number of nitrogens with one attached hydrogen (secondary N) is 1. The lowest BCUT2D eigenvalue weighted by atomic mass is 10.0. The number of alkyl halides is 3. The Morgan fingerprint density at radius 1 is 1.15 bits per heavy atom. The van der Waals surface area contributed by atoms with E-state index >= 15 is 0 Å². The molecule has 0 saturated carbocycles. The van der Waals surface area contributed by atoms with Crippen molar-refractivity contribution >= 4 is 11.6 Å². The molecule has 2 aliphatic rings. The van der Waals surface area contributed by atoms with Gasteiger partial charge in [0.1, 0.15) is 5.75 Å². The number of ether oxygens (including phenoxy) is 3. The smallest absolute Gasteiger partial charge is 0.406 e. The summed E-state index contributed by atoms with van der Waals surface area (Å²) in [4.78, 5) is 14.2. The van der Waals surface area contributed by atoms with E-state index in [1.807, 2.05) is 0 Å². The van der Waals surface area contributed by atoms with Crippen LogP contribution in [0, 0.1) is 0 Å². The fourth-order valence-electron chi connectivity index (χ4n) is 3.07. The molecule has 0 aliphatic carbocycles. The van der Waals surface area contributed by atoms with Crippen molar-refractivity contribution in [2.45, 2.75) is 31.3 Å². The van der Waals surface area contributed by atoms with Crippen LogP contribution < -0.4 is 15.0 Å². The van der Waals surface area contributed by atoms with E-state index in [9.17, 15) is 18.0 Å². The molecular weight excluding hydrogens is 353 g/mol. The molecule has 2 fully saturated rings. The Balaban J connectivity index is 1.46. The molecule has 0 aromatic heterocycles. The van der Waals surface area contributed by atoms with Crippen LogP contribution in [-0.4, -0.2) is 57.3 Å². The third-order valence-corrected chi connectivity index (χ3v) is 4.39. The van der Waals surface area contributed by atoms with E-state index in [1.54, 1.807) is 12.1 Å². The standard InChI is InChI=1S/C17H21F3N2O4/c18-17(19,20)26-14-3-1-13(2-4-14)22-7-5-12(6-8-22)21-16(23)15-11-24-9-10-25-15/h1-4,12,15H,5-11H2,(H,21,23). The number of benzene rings is 1. The van der Waals surface area contributed by atoms with Gasteiger partial charge in [0.15, 0.2) is 6.10 Å². The van der Waals surface area contributed by atoms with Crippen LogP contribution in [-0.2, 0) is 14.3 Å². The molecule has 144 valence electrons. The average molecular weight is 374 g/mol. The minimum absolute atomic E-state index is 0.0529. The zero-order valence-corrected chi connectivity index (χ0v) is 14.1. The first-order valence-corrected chi connectivity index (χ1v) is 8.51. The number of carbonyl (C=O) groups is 1. The number of piperidine rings is 1. The highest BCUT2D eigenvalue weighted by Gasteiger charge is 2.31. The SMILES string of the molecule is O=C(NC1CCN(c2ccc(OC(F)(F)F)cc2)CC1)C1COCCO1. The molecule has 1 atom stereocenters. The lowest BCUT2D eigenvalue weighted by Gasteiger charge is -2.34. The van der Waals surface area contributed by atoms with Gasteiger partial charge in [0.2, 0.25) is 0 Å². The summed E-state index contributed by atoms with van der Waals surface area (Å²) in [6.07, 6.45) is -3.74. The number of amides is 1. The average Bonchev–Trinajstić information content (AvgIpc) is 2.62. The Morgan fingerprint density at radius 3 is 2.42 bits per heavy atom. The molecule has 1 aromatic carbocycles. The summed E-state index contributed by atoms with van der Waals surface area (Å²) in [5.74, 6) is -0.394. The Hall–Kier alpha value is -2.00. The zero-order chi connectivity index (χ0) is 18.6. The van der Waals surface area contributed by atoms with Crippen LogP contribution in [0.2, 0.25) is 0 Å². The largest absolute Gasteiger partial charge is 0.573 e. The second-order valence-corrected chi connectivity index (χ2v) is 6.25. The van der Waals surface area contributed by atoms with Gasteiger partial charge in [0.05, 0.1) is 19.8 Å². The first-order chi connectivity index (χ1) is 12.4. The van der Waals surface area contributed by atoms with Gasteiger partial charge in [-0.1, -0.05) is 0 Å². The van der Waals surface area contributed by atoms with Crippen molar-refractivity contribution in [1.29, 1.82) is 0 Å². The summed E-state index contributed by atoms with van der Waals surface area (Å²) in [7, 11) is 0. The Kier molecular flexibility index (Phi) is 5.87. The maximum absolute atomic E-state index is 12.2. The fourth-order valence-corrected chi connectivity index (χ4v) is 3.07. The van der Waals surface area contributed by atoms with Gasteiger partial charge >= 0.3 is 6.36 Å². The van der Waals surface area contributed by atoms with Crippen LogP contribution in [0.25, 0.3) is 0 Å². The molecule has 0 bridgehead atoms. The monoisotopic (exact) mass is 374 g/mol. The number of nitrogens with zero attached hydrogens (tertiary/aromatic N) is 1. The highest BCUT2D eigenvalue weighted by Crippen LogP contribution is 2.26. The minimum atomic E-state index is -4.69. The summed E-state index contributed by atoms with van der Waals surface area (Å²) in [5.41, 5.74) is 0.827. The summed E-state index contributed by atoms with van der Waals surface area (Å²) < 4.78 is 51.1. The van der Waals surface area contributed by atoms with Gasteiger partial charge in [0, 0.05) is 24.8 Å². The second-order valence-electron chi connectivity index (χ2n) is 6.25. The van der Waals surface area contributed by atoms with Gasteiger partial charge < -0.3 is 24.4 Å². The van der Waals surface area contributed by atoms with Gasteiger partial charge in [0.25, 0.3) is 5.91 Å². The van der Waals surface area contributed by atoms with Crippen LogP contribution in [0.3, 0.4) is 0 Å². The lowest BCUT2D eigenvalue weighted by molar-refractivity contribution is -0.274. The van der Waals surface area contributed by atoms with Gasteiger partial charge in [-0.25, -0.2) is 0 Å². The third kappa shape index (κ3) is 5.25. The number of hydrogen-bond donors (Lipinski definition) is 1. The lowest BCUT2D eigenvalue weighted by Crippen LogP contribution is -2.50. The molecule has 2 saturated heterocycles. The molecule has 3 rings (SSSR count). The summed E-state index contributed by atoms with van der Waals surface area (Å²) in [6.45, 7) is 2.61. The van der Waals surface area contributed by atoms with Crippen molar-refractivity contribution in [3.8, 4) is 5.75 Å². The Bertz CT molecular complexity index is 595. The molecule has 1 aromatic rings. The first-order valence-electron chi connectivity index (χ1n) is 8.51. The highest BCUT2D eigenvalue weighted by molar-refractivity contribution is 5.81.